The number of nitro groups is 1. The fraction of sp³-hybridized carbons (Fsp3) is 0.375. The van der Waals surface area contributed by atoms with Gasteiger partial charge in [-0.3, -0.25) is 15.5 Å². The molecule has 1 saturated heterocycles. The highest BCUT2D eigenvalue weighted by molar-refractivity contribution is 6.30. The van der Waals surface area contributed by atoms with Gasteiger partial charge in [-0.15, -0.1) is 0 Å². The predicted molar refractivity (Wildman–Crippen MR) is 102 cm³/mol. The van der Waals surface area contributed by atoms with Crippen molar-refractivity contribution in [2.45, 2.75) is 0 Å². The largest absolute Gasteiger partial charge is 0.368 e. The fourth-order valence-electron chi connectivity index (χ4n) is 2.91. The first kappa shape index (κ1) is 18.2. The molecule has 0 bridgehead atoms. The standard InChI is InChI=1S/C16H20ClN7O2/c1-21(2)20-15-14(24(25)26)16(19-11-18-15)23-8-6-22(7-9-23)13-5-3-4-12(17)10-13/h3-5,10-11H,6-9H2,1-2H3,(H,18,19,20). The summed E-state index contributed by atoms with van der Waals surface area (Å²) in [5, 5.41) is 13.9. The summed E-state index contributed by atoms with van der Waals surface area (Å²) < 4.78 is 0. The third-order valence-corrected chi connectivity index (χ3v) is 4.30. The minimum Gasteiger partial charge on any atom is -0.368 e. The zero-order valence-electron chi connectivity index (χ0n) is 14.6. The van der Waals surface area contributed by atoms with Gasteiger partial charge in [0.05, 0.1) is 4.92 Å². The number of piperazine rings is 1. The van der Waals surface area contributed by atoms with Crippen molar-refractivity contribution in [2.24, 2.45) is 0 Å². The molecule has 0 saturated carbocycles. The van der Waals surface area contributed by atoms with Gasteiger partial charge in [0, 0.05) is 51.0 Å². The van der Waals surface area contributed by atoms with Crippen molar-refractivity contribution < 1.29 is 4.92 Å². The van der Waals surface area contributed by atoms with Crippen molar-refractivity contribution in [2.75, 3.05) is 55.5 Å². The lowest BCUT2D eigenvalue weighted by Crippen LogP contribution is -2.47. The molecule has 1 fully saturated rings. The van der Waals surface area contributed by atoms with Crippen molar-refractivity contribution in [1.29, 1.82) is 0 Å². The topological polar surface area (TPSA) is 90.7 Å². The van der Waals surface area contributed by atoms with Crippen molar-refractivity contribution in [3.8, 4) is 0 Å². The molecule has 1 aliphatic rings. The lowest BCUT2D eigenvalue weighted by atomic mass is 10.2. The smallest absolute Gasteiger partial charge is 0.354 e. The highest BCUT2D eigenvalue weighted by Crippen LogP contribution is 2.32. The summed E-state index contributed by atoms with van der Waals surface area (Å²) in [7, 11) is 3.49. The lowest BCUT2D eigenvalue weighted by molar-refractivity contribution is -0.383. The average molecular weight is 378 g/mol. The van der Waals surface area contributed by atoms with E-state index >= 15 is 0 Å². The number of halogens is 1. The summed E-state index contributed by atoms with van der Waals surface area (Å²) in [6.45, 7) is 2.67. The molecule has 0 atom stereocenters. The van der Waals surface area contributed by atoms with Gasteiger partial charge in [-0.05, 0) is 18.2 Å². The monoisotopic (exact) mass is 377 g/mol. The first-order chi connectivity index (χ1) is 12.5. The number of rotatable bonds is 5. The van der Waals surface area contributed by atoms with Crippen molar-refractivity contribution in [3.05, 3.63) is 45.7 Å². The van der Waals surface area contributed by atoms with E-state index < -0.39 is 4.92 Å². The molecule has 0 radical (unpaired) electrons. The Labute approximate surface area is 156 Å². The first-order valence-electron chi connectivity index (χ1n) is 8.14. The maximum atomic E-state index is 11.6. The van der Waals surface area contributed by atoms with Gasteiger partial charge in [-0.1, -0.05) is 17.7 Å². The van der Waals surface area contributed by atoms with E-state index in [2.05, 4.69) is 20.3 Å². The SMILES string of the molecule is CN(C)Nc1ncnc(N2CCN(c3cccc(Cl)c3)CC2)c1[N+](=O)[O-]. The maximum Gasteiger partial charge on any atom is 0.354 e. The Bertz CT molecular complexity index is 794. The van der Waals surface area contributed by atoms with Crippen molar-refractivity contribution in [3.63, 3.8) is 0 Å². The van der Waals surface area contributed by atoms with Crippen LogP contribution in [0.4, 0.5) is 23.0 Å². The molecule has 26 heavy (non-hydrogen) atoms. The van der Waals surface area contributed by atoms with Gasteiger partial charge >= 0.3 is 5.69 Å². The number of nitrogens with one attached hydrogen (secondary N) is 1. The molecule has 1 aromatic heterocycles. The van der Waals surface area contributed by atoms with Crippen molar-refractivity contribution >= 4 is 34.6 Å². The summed E-state index contributed by atoms with van der Waals surface area (Å²) in [4.78, 5) is 23.5. The Balaban J connectivity index is 1.80. The second kappa shape index (κ2) is 7.71. The van der Waals surface area contributed by atoms with E-state index in [1.165, 1.54) is 6.33 Å². The third-order valence-electron chi connectivity index (χ3n) is 4.07. The van der Waals surface area contributed by atoms with Crippen LogP contribution < -0.4 is 15.2 Å². The predicted octanol–water partition coefficient (Wildman–Crippen LogP) is 2.25. The molecule has 9 nitrogen and oxygen atoms in total. The second-order valence-electron chi connectivity index (χ2n) is 6.11. The zero-order valence-corrected chi connectivity index (χ0v) is 15.3. The molecule has 10 heteroatoms. The lowest BCUT2D eigenvalue weighted by Gasteiger charge is -2.36. The molecule has 1 N–H and O–H groups in total. The normalized spacial score (nSPS) is 14.6. The number of benzene rings is 1. The van der Waals surface area contributed by atoms with E-state index in [-0.39, 0.29) is 11.5 Å². The van der Waals surface area contributed by atoms with Crippen molar-refractivity contribution in [1.82, 2.24) is 15.0 Å². The molecule has 1 aromatic carbocycles. The van der Waals surface area contributed by atoms with Gasteiger partial charge in [0.2, 0.25) is 11.6 Å². The molecule has 0 aliphatic carbocycles. The molecule has 0 spiro atoms. The van der Waals surface area contributed by atoms with E-state index in [1.807, 2.05) is 29.2 Å². The third kappa shape index (κ3) is 3.94. The number of aromatic nitrogens is 2. The molecular formula is C16H20ClN7O2. The summed E-state index contributed by atoms with van der Waals surface area (Å²) in [6, 6.07) is 7.68. The van der Waals surface area contributed by atoms with Crippen LogP contribution in [0, 0.1) is 10.1 Å². The van der Waals surface area contributed by atoms with Crippen LogP contribution in [0.25, 0.3) is 0 Å². The summed E-state index contributed by atoms with van der Waals surface area (Å²) in [5.74, 6) is 0.516. The first-order valence-corrected chi connectivity index (χ1v) is 8.52. The minimum atomic E-state index is -0.440. The Morgan fingerprint density at radius 1 is 1.19 bits per heavy atom. The van der Waals surface area contributed by atoms with Gasteiger partial charge in [-0.25, -0.2) is 15.0 Å². The molecule has 3 rings (SSSR count). The molecular weight excluding hydrogens is 358 g/mol. The molecule has 0 unspecified atom stereocenters. The van der Waals surface area contributed by atoms with Crippen LogP contribution in [0.3, 0.4) is 0 Å². The Kier molecular flexibility index (Phi) is 5.38. The second-order valence-corrected chi connectivity index (χ2v) is 6.55. The van der Waals surface area contributed by atoms with E-state index in [0.717, 1.165) is 18.8 Å². The van der Waals surface area contributed by atoms with Gasteiger partial charge in [0.25, 0.3) is 0 Å². The molecule has 0 amide bonds. The molecule has 1 aliphatic heterocycles. The Morgan fingerprint density at radius 3 is 2.50 bits per heavy atom. The van der Waals surface area contributed by atoms with Gasteiger partial charge in [0.1, 0.15) is 6.33 Å². The number of anilines is 3. The summed E-state index contributed by atoms with van der Waals surface area (Å²) >= 11 is 6.06. The van der Waals surface area contributed by atoms with Crippen LogP contribution >= 0.6 is 11.6 Å². The van der Waals surface area contributed by atoms with Gasteiger partial charge in [-0.2, -0.15) is 0 Å². The van der Waals surface area contributed by atoms with E-state index in [4.69, 9.17) is 11.6 Å². The number of hydrazine groups is 1. The maximum absolute atomic E-state index is 11.6. The molecule has 2 heterocycles. The van der Waals surface area contributed by atoms with E-state index in [0.29, 0.717) is 23.9 Å². The van der Waals surface area contributed by atoms with E-state index in [9.17, 15) is 10.1 Å². The molecule has 138 valence electrons. The number of hydrogen-bond donors (Lipinski definition) is 1. The Morgan fingerprint density at radius 2 is 1.88 bits per heavy atom. The van der Waals surface area contributed by atoms with Gasteiger partial charge in [0.15, 0.2) is 0 Å². The van der Waals surface area contributed by atoms with Crippen LogP contribution in [0.5, 0.6) is 0 Å². The Hall–Kier alpha value is -2.65. The van der Waals surface area contributed by atoms with Crippen LogP contribution in [-0.2, 0) is 0 Å². The molecule has 2 aromatic rings. The summed E-state index contributed by atoms with van der Waals surface area (Å²) in [5.41, 5.74) is 3.80. The van der Waals surface area contributed by atoms with Crippen LogP contribution in [0.15, 0.2) is 30.6 Å². The fourth-order valence-corrected chi connectivity index (χ4v) is 3.10. The van der Waals surface area contributed by atoms with Gasteiger partial charge < -0.3 is 9.80 Å². The minimum absolute atomic E-state index is 0.114. The average Bonchev–Trinajstić information content (AvgIpc) is 2.61. The van der Waals surface area contributed by atoms with E-state index in [1.54, 1.807) is 19.1 Å². The number of nitrogens with zero attached hydrogens (tertiary/aromatic N) is 6. The highest BCUT2D eigenvalue weighted by atomic mass is 35.5. The highest BCUT2D eigenvalue weighted by Gasteiger charge is 2.29. The van der Waals surface area contributed by atoms with Crippen LogP contribution in [-0.4, -0.2) is 60.2 Å². The summed E-state index contributed by atoms with van der Waals surface area (Å²) in [6.07, 6.45) is 1.34. The van der Waals surface area contributed by atoms with Crippen LogP contribution in [0.1, 0.15) is 0 Å². The zero-order chi connectivity index (χ0) is 18.7. The quantitative estimate of drug-likeness (QED) is 0.626. The van der Waals surface area contributed by atoms with Crippen LogP contribution in [0.2, 0.25) is 5.02 Å². The number of hydrogen-bond acceptors (Lipinski definition) is 8.